The highest BCUT2D eigenvalue weighted by molar-refractivity contribution is 5.94. The van der Waals surface area contributed by atoms with Crippen molar-refractivity contribution in [1.29, 1.82) is 0 Å². The van der Waals surface area contributed by atoms with Crippen molar-refractivity contribution in [3.8, 4) is 0 Å². The number of carbonyl (C=O) groups excluding carboxylic acids is 5. The Kier molecular flexibility index (Phi) is 9.13. The molecule has 0 unspecified atom stereocenters. The molecule has 0 radical (unpaired) electrons. The van der Waals surface area contributed by atoms with E-state index in [-0.39, 0.29) is 18.8 Å². The van der Waals surface area contributed by atoms with Crippen LogP contribution in [0.5, 0.6) is 0 Å². The van der Waals surface area contributed by atoms with E-state index in [0.717, 1.165) is 0 Å². The van der Waals surface area contributed by atoms with Crippen molar-refractivity contribution in [3.05, 3.63) is 0 Å². The number of hydrogen-bond donors (Lipinski definition) is 6. The first kappa shape index (κ1) is 22.3. The van der Waals surface area contributed by atoms with E-state index in [2.05, 4.69) is 10.6 Å². The molecule has 0 aromatic rings. The van der Waals surface area contributed by atoms with E-state index >= 15 is 0 Å². The first-order valence-corrected chi connectivity index (χ1v) is 7.67. The summed E-state index contributed by atoms with van der Waals surface area (Å²) in [4.78, 5) is 57.5. The summed E-state index contributed by atoms with van der Waals surface area (Å²) in [6.45, 7) is 3.44. The van der Waals surface area contributed by atoms with Crippen LogP contribution in [-0.4, -0.2) is 47.7 Å². The first-order valence-electron chi connectivity index (χ1n) is 7.67. The Labute approximate surface area is 145 Å². The van der Waals surface area contributed by atoms with Gasteiger partial charge in [-0.3, -0.25) is 24.0 Å². The fourth-order valence-corrected chi connectivity index (χ4v) is 1.82. The Balaban J connectivity index is 5.13. The van der Waals surface area contributed by atoms with Gasteiger partial charge in [-0.15, -0.1) is 0 Å². The Morgan fingerprint density at radius 3 is 1.76 bits per heavy atom. The maximum Gasteiger partial charge on any atom is 0.243 e. The molecular formula is C14H26N6O5. The molecule has 10 N–H and O–H groups in total. The smallest absolute Gasteiger partial charge is 0.243 e. The summed E-state index contributed by atoms with van der Waals surface area (Å²) < 4.78 is 0. The molecule has 0 rings (SSSR count). The van der Waals surface area contributed by atoms with Crippen LogP contribution >= 0.6 is 0 Å². The zero-order valence-corrected chi connectivity index (χ0v) is 14.3. The lowest BCUT2D eigenvalue weighted by Gasteiger charge is -2.23. The summed E-state index contributed by atoms with van der Waals surface area (Å²) in [5, 5.41) is 4.62. The number of amides is 5. The predicted octanol–water partition coefficient (Wildman–Crippen LogP) is -3.43. The Bertz CT molecular complexity index is 536. The summed E-state index contributed by atoms with van der Waals surface area (Å²) >= 11 is 0. The summed E-state index contributed by atoms with van der Waals surface area (Å²) in [7, 11) is 0. The molecule has 25 heavy (non-hydrogen) atoms. The highest BCUT2D eigenvalue weighted by Crippen LogP contribution is 2.03. The normalized spacial score (nSPS) is 14.2. The molecule has 0 saturated heterocycles. The van der Waals surface area contributed by atoms with Crippen molar-refractivity contribution in [2.45, 2.75) is 51.2 Å². The molecule has 5 amide bonds. The van der Waals surface area contributed by atoms with Crippen LogP contribution in [0.25, 0.3) is 0 Å². The van der Waals surface area contributed by atoms with Crippen LogP contribution < -0.4 is 33.6 Å². The minimum atomic E-state index is -1.34. The molecule has 0 fully saturated rings. The largest absolute Gasteiger partial charge is 0.370 e. The van der Waals surface area contributed by atoms with Crippen molar-refractivity contribution in [2.75, 3.05) is 0 Å². The Morgan fingerprint density at radius 1 is 0.840 bits per heavy atom. The summed E-state index contributed by atoms with van der Waals surface area (Å²) in [5.74, 6) is -4.09. The minimum absolute atomic E-state index is 0.111. The quantitative estimate of drug-likeness (QED) is 0.221. The number of hydrogen-bond acceptors (Lipinski definition) is 6. The van der Waals surface area contributed by atoms with E-state index in [1.165, 1.54) is 0 Å². The molecular weight excluding hydrogens is 332 g/mol. The van der Waals surface area contributed by atoms with E-state index < -0.39 is 54.1 Å². The summed E-state index contributed by atoms with van der Waals surface area (Å²) in [5.41, 5.74) is 20.9. The van der Waals surface area contributed by atoms with Crippen LogP contribution in [0, 0.1) is 5.92 Å². The number of nitrogens with one attached hydrogen (secondary N) is 2. The third kappa shape index (κ3) is 8.65. The third-order valence-corrected chi connectivity index (χ3v) is 3.40. The fraction of sp³-hybridized carbons (Fsp3) is 0.643. The molecule has 142 valence electrons. The second kappa shape index (κ2) is 10.2. The van der Waals surface area contributed by atoms with Crippen LogP contribution in [0.3, 0.4) is 0 Å². The molecule has 0 spiro atoms. The van der Waals surface area contributed by atoms with Crippen molar-refractivity contribution in [1.82, 2.24) is 10.6 Å². The summed E-state index contributed by atoms with van der Waals surface area (Å²) in [6.07, 6.45) is -0.796. The van der Waals surface area contributed by atoms with Gasteiger partial charge in [0.1, 0.15) is 12.1 Å². The van der Waals surface area contributed by atoms with E-state index in [1.807, 2.05) is 0 Å². The van der Waals surface area contributed by atoms with Gasteiger partial charge >= 0.3 is 0 Å². The molecule has 0 bridgehead atoms. The molecule has 0 aromatic carbocycles. The minimum Gasteiger partial charge on any atom is -0.370 e. The van der Waals surface area contributed by atoms with Crippen molar-refractivity contribution < 1.29 is 24.0 Å². The van der Waals surface area contributed by atoms with Gasteiger partial charge in [0.15, 0.2) is 0 Å². The van der Waals surface area contributed by atoms with Gasteiger partial charge in [0.05, 0.1) is 12.5 Å². The van der Waals surface area contributed by atoms with Crippen molar-refractivity contribution >= 4 is 29.5 Å². The van der Waals surface area contributed by atoms with Gasteiger partial charge in [0, 0.05) is 6.42 Å². The van der Waals surface area contributed by atoms with Crippen LogP contribution in [0.2, 0.25) is 0 Å². The van der Waals surface area contributed by atoms with Gasteiger partial charge in [-0.05, 0) is 12.3 Å². The first-order chi connectivity index (χ1) is 11.5. The monoisotopic (exact) mass is 358 g/mol. The maximum absolute atomic E-state index is 12.3. The van der Waals surface area contributed by atoms with Gasteiger partial charge in [-0.1, -0.05) is 13.8 Å². The molecule has 0 aliphatic heterocycles. The third-order valence-electron chi connectivity index (χ3n) is 3.40. The molecule has 0 saturated carbocycles. The summed E-state index contributed by atoms with van der Waals surface area (Å²) in [6, 6.07) is -3.39. The maximum atomic E-state index is 12.3. The van der Waals surface area contributed by atoms with Gasteiger partial charge in [-0.25, -0.2) is 0 Å². The zero-order chi connectivity index (χ0) is 19.7. The lowest BCUT2D eigenvalue weighted by Crippen LogP contribution is -2.56. The van der Waals surface area contributed by atoms with Gasteiger partial charge in [0.25, 0.3) is 0 Å². The van der Waals surface area contributed by atoms with Crippen molar-refractivity contribution in [2.24, 2.45) is 28.9 Å². The molecule has 11 nitrogen and oxygen atoms in total. The van der Waals surface area contributed by atoms with Crippen LogP contribution in [0.4, 0.5) is 0 Å². The van der Waals surface area contributed by atoms with E-state index in [4.69, 9.17) is 22.9 Å². The predicted molar refractivity (Wildman–Crippen MR) is 88.1 cm³/mol. The molecule has 0 heterocycles. The molecule has 0 aliphatic rings. The number of primary amides is 3. The van der Waals surface area contributed by atoms with Crippen molar-refractivity contribution in [3.63, 3.8) is 0 Å². The average molecular weight is 358 g/mol. The fourth-order valence-electron chi connectivity index (χ4n) is 1.82. The molecule has 3 atom stereocenters. The molecule has 11 heteroatoms. The van der Waals surface area contributed by atoms with E-state index in [9.17, 15) is 24.0 Å². The lowest BCUT2D eigenvalue weighted by atomic mass is 10.0. The Morgan fingerprint density at radius 2 is 1.36 bits per heavy atom. The number of nitrogens with two attached hydrogens (primary N) is 4. The number of carbonyl (C=O) groups is 5. The van der Waals surface area contributed by atoms with Gasteiger partial charge in [0.2, 0.25) is 29.5 Å². The van der Waals surface area contributed by atoms with Crippen LogP contribution in [-0.2, 0) is 24.0 Å². The number of rotatable bonds is 11. The average Bonchev–Trinajstić information content (AvgIpc) is 2.48. The topological polar surface area (TPSA) is 213 Å². The van der Waals surface area contributed by atoms with E-state index in [0.29, 0.717) is 0 Å². The zero-order valence-electron chi connectivity index (χ0n) is 14.3. The highest BCUT2D eigenvalue weighted by atomic mass is 16.2. The van der Waals surface area contributed by atoms with Gasteiger partial charge in [-0.2, -0.15) is 0 Å². The van der Waals surface area contributed by atoms with Crippen LogP contribution in [0.1, 0.15) is 33.1 Å². The van der Waals surface area contributed by atoms with E-state index in [1.54, 1.807) is 13.8 Å². The van der Waals surface area contributed by atoms with Gasteiger partial charge < -0.3 is 33.6 Å². The second-order valence-corrected chi connectivity index (χ2v) is 5.97. The highest BCUT2D eigenvalue weighted by Gasteiger charge is 2.28. The van der Waals surface area contributed by atoms with Crippen LogP contribution in [0.15, 0.2) is 0 Å². The molecule has 0 aliphatic carbocycles. The molecule has 0 aromatic heterocycles. The standard InChI is InChI=1S/C14H26N6O5/c1-6(2)11(17)14(25)19-7(3-4-9(15)21)13(24)20-8(12(18)23)5-10(16)22/h6-8,11H,3-5,17H2,1-2H3,(H2,15,21)(H2,16,22)(H2,18,23)(H,19,25)(H,20,24)/t7-,8-,11-/m0/s1. The lowest BCUT2D eigenvalue weighted by molar-refractivity contribution is -0.133. The SMILES string of the molecule is CC(C)[C@H](N)C(=O)N[C@@H](CCC(N)=O)C(=O)N[C@@H](CC(N)=O)C(N)=O. The Hall–Kier alpha value is -2.69. The second-order valence-electron chi connectivity index (χ2n) is 5.97.